The summed E-state index contributed by atoms with van der Waals surface area (Å²) in [6.45, 7) is 12.5. The molecule has 0 saturated carbocycles. The maximum atomic E-state index is 5.83. The fourth-order valence-corrected chi connectivity index (χ4v) is 3.89. The molecule has 2 aliphatic heterocycles. The Morgan fingerprint density at radius 2 is 2.10 bits per heavy atom. The van der Waals surface area contributed by atoms with Gasteiger partial charge in [-0.25, -0.2) is 0 Å². The maximum Gasteiger partial charge on any atom is 0.0546 e. The second-order valence-corrected chi connectivity index (χ2v) is 6.92. The highest BCUT2D eigenvalue weighted by atomic mass is 16.5. The lowest BCUT2D eigenvalue weighted by Gasteiger charge is -2.41. The van der Waals surface area contributed by atoms with Crippen LogP contribution in [0.1, 0.15) is 52.4 Å². The molecule has 2 fully saturated rings. The van der Waals surface area contributed by atoms with E-state index >= 15 is 0 Å². The van der Waals surface area contributed by atoms with Crippen LogP contribution in [0.5, 0.6) is 0 Å². The van der Waals surface area contributed by atoms with Crippen molar-refractivity contribution < 1.29 is 4.74 Å². The molecule has 2 unspecified atom stereocenters. The molecule has 0 aromatic rings. The maximum absolute atomic E-state index is 5.83. The minimum absolute atomic E-state index is 0.361. The molecule has 0 aromatic heterocycles. The van der Waals surface area contributed by atoms with Crippen molar-refractivity contribution >= 4 is 0 Å². The molecule has 3 heteroatoms. The Balaban J connectivity index is 1.89. The SMILES string of the molecule is CCNCC1(CN2CCCC(CC)CC2)CCCOC1. The zero-order chi connectivity index (χ0) is 14.3. The number of hydrogen-bond acceptors (Lipinski definition) is 3. The number of ether oxygens (including phenoxy) is 1. The Morgan fingerprint density at radius 3 is 2.80 bits per heavy atom. The highest BCUT2D eigenvalue weighted by molar-refractivity contribution is 4.88. The number of nitrogens with one attached hydrogen (secondary N) is 1. The summed E-state index contributed by atoms with van der Waals surface area (Å²) in [4.78, 5) is 2.72. The summed E-state index contributed by atoms with van der Waals surface area (Å²) in [6, 6.07) is 0. The average molecular weight is 282 g/mol. The predicted molar refractivity (Wildman–Crippen MR) is 85.1 cm³/mol. The Bertz CT molecular complexity index is 264. The topological polar surface area (TPSA) is 24.5 Å². The lowest BCUT2D eigenvalue weighted by molar-refractivity contribution is -0.0256. The Morgan fingerprint density at radius 1 is 1.20 bits per heavy atom. The van der Waals surface area contributed by atoms with Gasteiger partial charge in [0.15, 0.2) is 0 Å². The summed E-state index contributed by atoms with van der Waals surface area (Å²) in [5, 5.41) is 3.58. The molecular weight excluding hydrogens is 248 g/mol. The zero-order valence-corrected chi connectivity index (χ0v) is 13.6. The summed E-state index contributed by atoms with van der Waals surface area (Å²) in [7, 11) is 0. The standard InChI is InChI=1S/C17H34N2O/c1-3-16-7-5-10-19(11-8-16)14-17(13-18-4-2)9-6-12-20-15-17/h16,18H,3-15H2,1-2H3. The van der Waals surface area contributed by atoms with E-state index in [0.29, 0.717) is 5.41 Å². The lowest BCUT2D eigenvalue weighted by atomic mass is 9.81. The largest absolute Gasteiger partial charge is 0.381 e. The van der Waals surface area contributed by atoms with Crippen LogP contribution in [0.2, 0.25) is 0 Å². The van der Waals surface area contributed by atoms with Crippen LogP contribution in [0.25, 0.3) is 0 Å². The van der Waals surface area contributed by atoms with Gasteiger partial charge in [0, 0.05) is 25.1 Å². The second kappa shape index (κ2) is 8.35. The summed E-state index contributed by atoms with van der Waals surface area (Å²) in [6.07, 6.45) is 8.14. The van der Waals surface area contributed by atoms with Crippen molar-refractivity contribution in [2.24, 2.45) is 11.3 Å². The van der Waals surface area contributed by atoms with E-state index < -0.39 is 0 Å². The van der Waals surface area contributed by atoms with Gasteiger partial charge in [0.25, 0.3) is 0 Å². The molecule has 2 rings (SSSR count). The highest BCUT2D eigenvalue weighted by Gasteiger charge is 2.34. The fraction of sp³-hybridized carbons (Fsp3) is 1.00. The van der Waals surface area contributed by atoms with E-state index in [1.165, 1.54) is 58.2 Å². The molecule has 118 valence electrons. The van der Waals surface area contributed by atoms with Crippen molar-refractivity contribution in [1.29, 1.82) is 0 Å². The minimum Gasteiger partial charge on any atom is -0.381 e. The van der Waals surface area contributed by atoms with Gasteiger partial charge in [0.1, 0.15) is 0 Å². The van der Waals surface area contributed by atoms with Crippen LogP contribution in [0.4, 0.5) is 0 Å². The Hall–Kier alpha value is -0.120. The molecule has 2 saturated heterocycles. The van der Waals surface area contributed by atoms with Crippen LogP contribution in [0, 0.1) is 11.3 Å². The van der Waals surface area contributed by atoms with Gasteiger partial charge in [-0.1, -0.05) is 20.3 Å². The van der Waals surface area contributed by atoms with Gasteiger partial charge in [-0.05, 0) is 57.7 Å². The van der Waals surface area contributed by atoms with Crippen LogP contribution >= 0.6 is 0 Å². The van der Waals surface area contributed by atoms with E-state index in [2.05, 4.69) is 24.1 Å². The number of likely N-dealkylation sites (tertiary alicyclic amines) is 1. The van der Waals surface area contributed by atoms with Crippen LogP contribution in [-0.4, -0.2) is 50.8 Å². The third kappa shape index (κ3) is 4.71. The van der Waals surface area contributed by atoms with Crippen molar-refractivity contribution in [2.45, 2.75) is 52.4 Å². The van der Waals surface area contributed by atoms with E-state index in [-0.39, 0.29) is 0 Å². The van der Waals surface area contributed by atoms with Crippen molar-refractivity contribution in [3.63, 3.8) is 0 Å². The van der Waals surface area contributed by atoms with Crippen LogP contribution in [0.15, 0.2) is 0 Å². The van der Waals surface area contributed by atoms with Crippen molar-refractivity contribution in [1.82, 2.24) is 10.2 Å². The minimum atomic E-state index is 0.361. The van der Waals surface area contributed by atoms with E-state index in [4.69, 9.17) is 4.74 Å². The first-order chi connectivity index (χ1) is 9.78. The summed E-state index contributed by atoms with van der Waals surface area (Å²) < 4.78 is 5.83. The molecule has 3 nitrogen and oxygen atoms in total. The average Bonchev–Trinajstić information content (AvgIpc) is 2.71. The summed E-state index contributed by atoms with van der Waals surface area (Å²) in [5.74, 6) is 0.965. The van der Waals surface area contributed by atoms with Gasteiger partial charge in [0.2, 0.25) is 0 Å². The van der Waals surface area contributed by atoms with Gasteiger partial charge in [-0.15, -0.1) is 0 Å². The number of rotatable bonds is 6. The highest BCUT2D eigenvalue weighted by Crippen LogP contribution is 2.31. The van der Waals surface area contributed by atoms with Gasteiger partial charge in [-0.3, -0.25) is 0 Å². The normalized spacial score (nSPS) is 33.0. The molecule has 2 atom stereocenters. The van der Waals surface area contributed by atoms with Gasteiger partial charge < -0.3 is 15.0 Å². The molecule has 0 bridgehead atoms. The molecule has 0 spiro atoms. The van der Waals surface area contributed by atoms with Gasteiger partial charge in [0.05, 0.1) is 6.61 Å². The molecule has 2 heterocycles. The molecule has 0 aliphatic carbocycles. The van der Waals surface area contributed by atoms with E-state index in [9.17, 15) is 0 Å². The van der Waals surface area contributed by atoms with Crippen molar-refractivity contribution in [2.75, 3.05) is 45.9 Å². The lowest BCUT2D eigenvalue weighted by Crippen LogP contribution is -2.49. The Kier molecular flexibility index (Phi) is 6.79. The van der Waals surface area contributed by atoms with Gasteiger partial charge >= 0.3 is 0 Å². The third-order valence-electron chi connectivity index (χ3n) is 5.23. The van der Waals surface area contributed by atoms with E-state index in [0.717, 1.165) is 32.2 Å². The molecule has 2 aliphatic rings. The zero-order valence-electron chi connectivity index (χ0n) is 13.6. The fourth-order valence-electron chi connectivity index (χ4n) is 3.89. The summed E-state index contributed by atoms with van der Waals surface area (Å²) in [5.41, 5.74) is 0.361. The number of hydrogen-bond donors (Lipinski definition) is 1. The monoisotopic (exact) mass is 282 g/mol. The van der Waals surface area contributed by atoms with Crippen LogP contribution < -0.4 is 5.32 Å². The summed E-state index contributed by atoms with van der Waals surface area (Å²) >= 11 is 0. The molecule has 20 heavy (non-hydrogen) atoms. The van der Waals surface area contributed by atoms with Crippen LogP contribution in [-0.2, 0) is 4.74 Å². The molecule has 1 N–H and O–H groups in total. The first kappa shape index (κ1) is 16.3. The van der Waals surface area contributed by atoms with Crippen molar-refractivity contribution in [3.8, 4) is 0 Å². The second-order valence-electron chi connectivity index (χ2n) is 6.92. The quantitative estimate of drug-likeness (QED) is 0.811. The van der Waals surface area contributed by atoms with Gasteiger partial charge in [-0.2, -0.15) is 0 Å². The van der Waals surface area contributed by atoms with E-state index in [1.54, 1.807) is 0 Å². The smallest absolute Gasteiger partial charge is 0.0546 e. The Labute approximate surface area is 125 Å². The molecule has 0 amide bonds. The third-order valence-corrected chi connectivity index (χ3v) is 5.23. The molecular formula is C17H34N2O. The molecule has 0 aromatic carbocycles. The molecule has 0 radical (unpaired) electrons. The van der Waals surface area contributed by atoms with Crippen molar-refractivity contribution in [3.05, 3.63) is 0 Å². The predicted octanol–water partition coefficient (Wildman–Crippen LogP) is 2.90. The first-order valence-corrected chi connectivity index (χ1v) is 8.79. The van der Waals surface area contributed by atoms with Crippen LogP contribution in [0.3, 0.4) is 0 Å². The number of nitrogens with zero attached hydrogens (tertiary/aromatic N) is 1. The van der Waals surface area contributed by atoms with E-state index in [1.807, 2.05) is 0 Å². The first-order valence-electron chi connectivity index (χ1n) is 8.79.